The van der Waals surface area contributed by atoms with Crippen LogP contribution in [0.4, 0.5) is 0 Å². The van der Waals surface area contributed by atoms with E-state index in [1.54, 1.807) is 0 Å². The van der Waals surface area contributed by atoms with E-state index >= 15 is 0 Å². The lowest BCUT2D eigenvalue weighted by molar-refractivity contribution is -0.126. The van der Waals surface area contributed by atoms with Crippen molar-refractivity contribution in [3.63, 3.8) is 0 Å². The fourth-order valence-corrected chi connectivity index (χ4v) is 2.63. The van der Waals surface area contributed by atoms with E-state index in [4.69, 9.17) is 0 Å². The van der Waals surface area contributed by atoms with Gasteiger partial charge >= 0.3 is 0 Å². The van der Waals surface area contributed by atoms with Gasteiger partial charge in [0, 0.05) is 32.2 Å². The molecule has 0 aromatic heterocycles. The van der Waals surface area contributed by atoms with Gasteiger partial charge in [-0.3, -0.25) is 9.69 Å². The maximum Gasteiger partial charge on any atom is 0.237 e. The van der Waals surface area contributed by atoms with E-state index in [9.17, 15) is 4.79 Å². The highest BCUT2D eigenvalue weighted by atomic mass is 16.2. The SMILES string of the molecule is CC(C(=O)NC1CCCC1)N1CCNCC1. The average Bonchev–Trinajstić information content (AvgIpc) is 2.82. The normalized spacial score (nSPS) is 25.6. The molecule has 2 fully saturated rings. The molecule has 0 radical (unpaired) electrons. The molecule has 1 saturated carbocycles. The number of nitrogens with zero attached hydrogens (tertiary/aromatic N) is 1. The smallest absolute Gasteiger partial charge is 0.237 e. The average molecular weight is 225 g/mol. The van der Waals surface area contributed by atoms with Crippen molar-refractivity contribution in [2.75, 3.05) is 26.2 Å². The Balaban J connectivity index is 1.78. The maximum atomic E-state index is 12.0. The van der Waals surface area contributed by atoms with Crippen molar-refractivity contribution in [2.24, 2.45) is 0 Å². The lowest BCUT2D eigenvalue weighted by Gasteiger charge is -2.32. The number of hydrogen-bond acceptors (Lipinski definition) is 3. The van der Waals surface area contributed by atoms with E-state index in [0.29, 0.717) is 6.04 Å². The van der Waals surface area contributed by atoms with Crippen LogP contribution < -0.4 is 10.6 Å². The monoisotopic (exact) mass is 225 g/mol. The zero-order valence-electron chi connectivity index (χ0n) is 10.2. The predicted molar refractivity (Wildman–Crippen MR) is 64.3 cm³/mol. The molecule has 16 heavy (non-hydrogen) atoms. The van der Waals surface area contributed by atoms with E-state index in [2.05, 4.69) is 15.5 Å². The molecule has 1 atom stereocenters. The minimum Gasteiger partial charge on any atom is -0.352 e. The number of hydrogen-bond donors (Lipinski definition) is 2. The molecule has 0 spiro atoms. The van der Waals surface area contributed by atoms with Gasteiger partial charge in [-0.05, 0) is 19.8 Å². The van der Waals surface area contributed by atoms with Crippen molar-refractivity contribution in [2.45, 2.75) is 44.7 Å². The second-order valence-electron chi connectivity index (χ2n) is 4.95. The third-order valence-electron chi connectivity index (χ3n) is 3.78. The Labute approximate surface area is 97.8 Å². The first kappa shape index (κ1) is 11.9. The summed E-state index contributed by atoms with van der Waals surface area (Å²) >= 11 is 0. The molecule has 0 aromatic carbocycles. The van der Waals surface area contributed by atoms with Crippen molar-refractivity contribution in [1.82, 2.24) is 15.5 Å². The molecule has 1 unspecified atom stereocenters. The summed E-state index contributed by atoms with van der Waals surface area (Å²) in [6.07, 6.45) is 4.87. The van der Waals surface area contributed by atoms with Gasteiger partial charge in [-0.25, -0.2) is 0 Å². The molecule has 1 aliphatic heterocycles. The van der Waals surface area contributed by atoms with Crippen LogP contribution in [-0.4, -0.2) is 49.1 Å². The Morgan fingerprint density at radius 2 is 1.94 bits per heavy atom. The maximum absolute atomic E-state index is 12.0. The highest BCUT2D eigenvalue weighted by Crippen LogP contribution is 2.17. The quantitative estimate of drug-likeness (QED) is 0.728. The molecule has 0 bridgehead atoms. The van der Waals surface area contributed by atoms with Gasteiger partial charge in [-0.2, -0.15) is 0 Å². The van der Waals surface area contributed by atoms with Crippen molar-refractivity contribution in [3.8, 4) is 0 Å². The van der Waals surface area contributed by atoms with Crippen LogP contribution in [0.2, 0.25) is 0 Å². The molecule has 0 aromatic rings. The summed E-state index contributed by atoms with van der Waals surface area (Å²) < 4.78 is 0. The van der Waals surface area contributed by atoms with Gasteiger partial charge in [0.1, 0.15) is 0 Å². The van der Waals surface area contributed by atoms with Gasteiger partial charge in [-0.1, -0.05) is 12.8 Å². The molecule has 4 heteroatoms. The van der Waals surface area contributed by atoms with Crippen LogP contribution in [0.15, 0.2) is 0 Å². The molecular weight excluding hydrogens is 202 g/mol. The minimum absolute atomic E-state index is 0.0303. The standard InChI is InChI=1S/C12H23N3O/c1-10(15-8-6-13-7-9-15)12(16)14-11-4-2-3-5-11/h10-11,13H,2-9H2,1H3,(H,14,16). The lowest BCUT2D eigenvalue weighted by Crippen LogP contribution is -2.53. The van der Waals surface area contributed by atoms with E-state index in [0.717, 1.165) is 26.2 Å². The molecule has 1 heterocycles. The van der Waals surface area contributed by atoms with Crippen molar-refractivity contribution in [3.05, 3.63) is 0 Å². The number of carbonyl (C=O) groups excluding carboxylic acids is 1. The van der Waals surface area contributed by atoms with Crippen LogP contribution in [0.25, 0.3) is 0 Å². The number of rotatable bonds is 3. The second-order valence-corrected chi connectivity index (χ2v) is 4.95. The van der Waals surface area contributed by atoms with Gasteiger partial charge < -0.3 is 10.6 Å². The Morgan fingerprint density at radius 1 is 1.31 bits per heavy atom. The lowest BCUT2D eigenvalue weighted by atomic mass is 10.2. The molecule has 1 aliphatic carbocycles. The first-order chi connectivity index (χ1) is 7.77. The summed E-state index contributed by atoms with van der Waals surface area (Å²) in [5.74, 6) is 0.216. The summed E-state index contributed by atoms with van der Waals surface area (Å²) in [5.41, 5.74) is 0. The van der Waals surface area contributed by atoms with Crippen LogP contribution in [-0.2, 0) is 4.79 Å². The summed E-state index contributed by atoms with van der Waals surface area (Å²) in [6.45, 7) is 6.00. The summed E-state index contributed by atoms with van der Waals surface area (Å²) in [4.78, 5) is 14.3. The van der Waals surface area contributed by atoms with E-state index in [1.807, 2.05) is 6.92 Å². The van der Waals surface area contributed by atoms with Crippen molar-refractivity contribution in [1.29, 1.82) is 0 Å². The van der Waals surface area contributed by atoms with E-state index < -0.39 is 0 Å². The van der Waals surface area contributed by atoms with Crippen molar-refractivity contribution < 1.29 is 4.79 Å². The molecular formula is C12H23N3O. The first-order valence-electron chi connectivity index (χ1n) is 6.52. The largest absolute Gasteiger partial charge is 0.352 e. The number of amides is 1. The van der Waals surface area contributed by atoms with E-state index in [-0.39, 0.29) is 11.9 Å². The Hall–Kier alpha value is -0.610. The summed E-state index contributed by atoms with van der Waals surface area (Å²) in [7, 11) is 0. The van der Waals surface area contributed by atoms with Crippen molar-refractivity contribution >= 4 is 5.91 Å². The summed E-state index contributed by atoms with van der Waals surface area (Å²) in [5, 5.41) is 6.48. The number of carbonyl (C=O) groups is 1. The molecule has 2 N–H and O–H groups in total. The third kappa shape index (κ3) is 2.95. The summed E-state index contributed by atoms with van der Waals surface area (Å²) in [6, 6.07) is 0.473. The highest BCUT2D eigenvalue weighted by Gasteiger charge is 2.25. The molecule has 92 valence electrons. The Morgan fingerprint density at radius 3 is 2.56 bits per heavy atom. The number of piperazine rings is 1. The Kier molecular flexibility index (Phi) is 4.18. The third-order valence-corrected chi connectivity index (χ3v) is 3.78. The van der Waals surface area contributed by atoms with E-state index in [1.165, 1.54) is 25.7 Å². The van der Waals surface area contributed by atoms with Crippen LogP contribution in [0.3, 0.4) is 0 Å². The molecule has 4 nitrogen and oxygen atoms in total. The first-order valence-corrected chi connectivity index (χ1v) is 6.52. The van der Waals surface area contributed by atoms with Crippen LogP contribution in [0.5, 0.6) is 0 Å². The fraction of sp³-hybridized carbons (Fsp3) is 0.917. The van der Waals surface area contributed by atoms with Crippen LogP contribution >= 0.6 is 0 Å². The Bertz CT molecular complexity index is 232. The van der Waals surface area contributed by atoms with Gasteiger partial charge in [0.25, 0.3) is 0 Å². The molecule has 1 amide bonds. The van der Waals surface area contributed by atoms with Gasteiger partial charge in [0.2, 0.25) is 5.91 Å². The number of nitrogens with one attached hydrogen (secondary N) is 2. The van der Waals surface area contributed by atoms with Gasteiger partial charge in [0.15, 0.2) is 0 Å². The fourth-order valence-electron chi connectivity index (χ4n) is 2.63. The highest BCUT2D eigenvalue weighted by molar-refractivity contribution is 5.81. The second kappa shape index (κ2) is 5.64. The predicted octanol–water partition coefficient (Wildman–Crippen LogP) is 0.339. The molecule has 2 aliphatic rings. The zero-order valence-corrected chi connectivity index (χ0v) is 10.2. The molecule has 1 saturated heterocycles. The van der Waals surface area contributed by atoms with Crippen LogP contribution in [0.1, 0.15) is 32.6 Å². The van der Waals surface area contributed by atoms with Gasteiger partial charge in [-0.15, -0.1) is 0 Å². The topological polar surface area (TPSA) is 44.4 Å². The molecule has 2 rings (SSSR count). The van der Waals surface area contributed by atoms with Crippen LogP contribution in [0, 0.1) is 0 Å². The minimum atomic E-state index is 0.0303. The van der Waals surface area contributed by atoms with Gasteiger partial charge in [0.05, 0.1) is 6.04 Å². The zero-order chi connectivity index (χ0) is 11.4.